The van der Waals surface area contributed by atoms with Crippen molar-refractivity contribution in [2.75, 3.05) is 13.6 Å². The van der Waals surface area contributed by atoms with Crippen molar-refractivity contribution in [2.45, 2.75) is 58.5 Å². The second-order valence-electron chi connectivity index (χ2n) is 7.52. The Labute approximate surface area is 153 Å². The first-order valence-corrected chi connectivity index (χ1v) is 8.71. The fraction of sp³-hybridized carbons (Fsp3) is 0.765. The summed E-state index contributed by atoms with van der Waals surface area (Å²) < 4.78 is 0. The number of hydroxylamine groups is 2. The largest absolute Gasteiger partial charge is 0.481 e. The first-order chi connectivity index (χ1) is 12.0. The van der Waals surface area contributed by atoms with E-state index in [1.165, 1.54) is 9.80 Å². The van der Waals surface area contributed by atoms with Gasteiger partial charge in [0.1, 0.15) is 5.54 Å². The molecule has 0 bridgehead atoms. The quantitative estimate of drug-likeness (QED) is 0.197. The molecule has 0 aromatic carbocycles. The van der Waals surface area contributed by atoms with Crippen molar-refractivity contribution >= 4 is 24.3 Å². The Bertz CT molecular complexity index is 563. The number of imide groups is 1. The van der Waals surface area contributed by atoms with Gasteiger partial charge in [0.05, 0.1) is 12.0 Å². The van der Waals surface area contributed by atoms with E-state index in [2.05, 4.69) is 0 Å². The van der Waals surface area contributed by atoms with Crippen molar-refractivity contribution in [3.63, 3.8) is 0 Å². The maximum Gasteiger partial charge on any atom is 0.327 e. The van der Waals surface area contributed by atoms with E-state index in [1.807, 2.05) is 0 Å². The van der Waals surface area contributed by atoms with Gasteiger partial charge in [-0.1, -0.05) is 20.3 Å². The molecule has 0 saturated carbocycles. The molecule has 1 aliphatic rings. The SMILES string of the molecule is CC(C)C([C@H](CCCCN1C(=O)N(C)C(C)(C)C1=O)C(=O)O)N(O)C=O. The lowest BCUT2D eigenvalue weighted by Crippen LogP contribution is -2.44. The number of aliphatic carboxylic acids is 1. The molecular weight excluding hydrogens is 342 g/mol. The van der Waals surface area contributed by atoms with Crippen molar-refractivity contribution in [1.82, 2.24) is 14.9 Å². The lowest BCUT2D eigenvalue weighted by molar-refractivity contribution is -0.177. The van der Waals surface area contributed by atoms with Crippen LogP contribution in [0.25, 0.3) is 0 Å². The number of hydrogen-bond donors (Lipinski definition) is 2. The van der Waals surface area contributed by atoms with Gasteiger partial charge in [0, 0.05) is 13.6 Å². The molecule has 1 heterocycles. The highest BCUT2D eigenvalue weighted by Crippen LogP contribution is 2.27. The molecule has 1 rings (SSSR count). The van der Waals surface area contributed by atoms with E-state index in [0.717, 1.165) is 0 Å². The van der Waals surface area contributed by atoms with E-state index in [0.29, 0.717) is 17.9 Å². The van der Waals surface area contributed by atoms with E-state index in [1.54, 1.807) is 34.7 Å². The summed E-state index contributed by atoms with van der Waals surface area (Å²) in [7, 11) is 1.57. The Kier molecular flexibility index (Phi) is 7.14. The molecule has 1 fully saturated rings. The summed E-state index contributed by atoms with van der Waals surface area (Å²) in [6.45, 7) is 7.02. The molecule has 0 aliphatic carbocycles. The summed E-state index contributed by atoms with van der Waals surface area (Å²) in [5.74, 6) is -2.56. The zero-order chi connectivity index (χ0) is 20.2. The first-order valence-electron chi connectivity index (χ1n) is 8.71. The molecule has 148 valence electrons. The number of carbonyl (C=O) groups is 4. The average Bonchev–Trinajstić information content (AvgIpc) is 2.70. The van der Waals surface area contributed by atoms with Crippen LogP contribution in [0.3, 0.4) is 0 Å². The van der Waals surface area contributed by atoms with E-state index in [4.69, 9.17) is 0 Å². The molecule has 1 saturated heterocycles. The Balaban J connectivity index is 2.67. The molecule has 0 aromatic heterocycles. The number of carboxylic acids is 1. The maximum absolute atomic E-state index is 12.3. The fourth-order valence-electron chi connectivity index (χ4n) is 3.28. The van der Waals surface area contributed by atoms with Gasteiger partial charge in [0.25, 0.3) is 5.91 Å². The number of carboxylic acid groups (broad SMARTS) is 1. The number of urea groups is 1. The van der Waals surface area contributed by atoms with Gasteiger partial charge in [0.2, 0.25) is 6.41 Å². The van der Waals surface area contributed by atoms with Gasteiger partial charge in [-0.25, -0.2) is 9.86 Å². The third kappa shape index (κ3) is 4.32. The highest BCUT2D eigenvalue weighted by atomic mass is 16.5. The van der Waals surface area contributed by atoms with E-state index >= 15 is 0 Å². The number of unbranched alkanes of at least 4 members (excludes halogenated alkanes) is 1. The maximum atomic E-state index is 12.3. The van der Waals surface area contributed by atoms with Crippen molar-refractivity contribution in [1.29, 1.82) is 0 Å². The molecule has 1 aliphatic heterocycles. The van der Waals surface area contributed by atoms with Gasteiger partial charge in [-0.3, -0.25) is 24.5 Å². The number of likely N-dealkylation sites (N-methyl/N-ethyl adjacent to an activating group) is 1. The summed E-state index contributed by atoms with van der Waals surface area (Å²) >= 11 is 0. The summed E-state index contributed by atoms with van der Waals surface area (Å²) in [5.41, 5.74) is -0.884. The standard InChI is InChI=1S/C17H29N3O6/c1-11(2)13(20(26)10-21)12(14(22)23)8-6-7-9-19-15(24)17(3,4)18(5)16(19)25/h10-13,26H,6-9H2,1-5H3,(H,22,23)/t12-,13?/m0/s1. The summed E-state index contributed by atoms with van der Waals surface area (Å²) in [5, 5.41) is 19.6. The average molecular weight is 371 g/mol. The third-order valence-corrected chi connectivity index (χ3v) is 5.10. The molecule has 1 unspecified atom stereocenters. The summed E-state index contributed by atoms with van der Waals surface area (Å²) in [6.07, 6.45) is 1.31. The molecule has 4 amide bonds. The topological polar surface area (TPSA) is 118 Å². The Hall–Kier alpha value is -2.16. The molecule has 0 spiro atoms. The number of hydrogen-bond acceptors (Lipinski definition) is 5. The Morgan fingerprint density at radius 1 is 1.27 bits per heavy atom. The lowest BCUT2D eigenvalue weighted by Gasteiger charge is -2.31. The van der Waals surface area contributed by atoms with Crippen LogP contribution in [0.5, 0.6) is 0 Å². The molecule has 26 heavy (non-hydrogen) atoms. The van der Waals surface area contributed by atoms with Crippen molar-refractivity contribution < 1.29 is 29.5 Å². The molecule has 2 atom stereocenters. The highest BCUT2D eigenvalue weighted by molar-refractivity contribution is 6.06. The molecule has 0 aromatic rings. The number of rotatable bonds is 10. The zero-order valence-corrected chi connectivity index (χ0v) is 16.0. The van der Waals surface area contributed by atoms with Crippen LogP contribution in [0.2, 0.25) is 0 Å². The predicted molar refractivity (Wildman–Crippen MR) is 92.2 cm³/mol. The minimum Gasteiger partial charge on any atom is -0.481 e. The van der Waals surface area contributed by atoms with Gasteiger partial charge in [0.15, 0.2) is 0 Å². The monoisotopic (exact) mass is 371 g/mol. The molecular formula is C17H29N3O6. The minimum absolute atomic E-state index is 0.208. The minimum atomic E-state index is -1.10. The summed E-state index contributed by atoms with van der Waals surface area (Å²) in [4.78, 5) is 49.4. The third-order valence-electron chi connectivity index (χ3n) is 5.10. The van der Waals surface area contributed by atoms with E-state index in [-0.39, 0.29) is 37.2 Å². The smallest absolute Gasteiger partial charge is 0.327 e. The van der Waals surface area contributed by atoms with Crippen LogP contribution in [0, 0.1) is 11.8 Å². The highest BCUT2D eigenvalue weighted by Gasteiger charge is 2.48. The van der Waals surface area contributed by atoms with Gasteiger partial charge >= 0.3 is 12.0 Å². The van der Waals surface area contributed by atoms with Gasteiger partial charge in [-0.2, -0.15) is 0 Å². The van der Waals surface area contributed by atoms with Gasteiger partial charge < -0.3 is 10.0 Å². The second kappa shape index (κ2) is 8.48. The zero-order valence-electron chi connectivity index (χ0n) is 16.0. The molecule has 2 N–H and O–H groups in total. The molecule has 0 radical (unpaired) electrons. The molecule has 9 nitrogen and oxygen atoms in total. The normalized spacial score (nSPS) is 19.0. The van der Waals surface area contributed by atoms with Crippen LogP contribution in [0.15, 0.2) is 0 Å². The van der Waals surface area contributed by atoms with E-state index in [9.17, 15) is 29.5 Å². The number of carbonyl (C=O) groups excluding carboxylic acids is 3. The van der Waals surface area contributed by atoms with Crippen LogP contribution in [0.1, 0.15) is 47.0 Å². The van der Waals surface area contributed by atoms with Crippen LogP contribution >= 0.6 is 0 Å². The number of nitrogens with zero attached hydrogens (tertiary/aromatic N) is 3. The van der Waals surface area contributed by atoms with Crippen LogP contribution in [-0.2, 0) is 14.4 Å². The lowest BCUT2D eigenvalue weighted by atomic mass is 9.86. The first kappa shape index (κ1) is 21.9. The van der Waals surface area contributed by atoms with Gasteiger partial charge in [-0.05, 0) is 32.6 Å². The van der Waals surface area contributed by atoms with Crippen molar-refractivity contribution in [3.05, 3.63) is 0 Å². The number of amides is 4. The van der Waals surface area contributed by atoms with Gasteiger partial charge in [-0.15, -0.1) is 0 Å². The van der Waals surface area contributed by atoms with Crippen LogP contribution in [0.4, 0.5) is 4.79 Å². The van der Waals surface area contributed by atoms with E-state index < -0.39 is 23.5 Å². The van der Waals surface area contributed by atoms with Crippen LogP contribution < -0.4 is 0 Å². The van der Waals surface area contributed by atoms with Crippen molar-refractivity contribution in [3.8, 4) is 0 Å². The summed E-state index contributed by atoms with van der Waals surface area (Å²) in [6, 6.07) is -1.21. The van der Waals surface area contributed by atoms with Crippen molar-refractivity contribution in [2.24, 2.45) is 11.8 Å². The molecule has 9 heteroatoms. The Morgan fingerprint density at radius 3 is 2.23 bits per heavy atom. The Morgan fingerprint density at radius 2 is 1.85 bits per heavy atom. The van der Waals surface area contributed by atoms with Crippen LogP contribution in [-0.4, -0.2) is 74.7 Å². The second-order valence-corrected chi connectivity index (χ2v) is 7.52. The fourth-order valence-corrected chi connectivity index (χ4v) is 3.28. The predicted octanol–water partition coefficient (Wildman–Crippen LogP) is 1.40.